The molecule has 7 heteroatoms. The second kappa shape index (κ2) is 9.02. The van der Waals surface area contributed by atoms with Gasteiger partial charge in [-0.1, -0.05) is 66.0 Å². The minimum absolute atomic E-state index is 0.0286. The number of carbonyl (C=O) groups excluding carboxylic acids is 1. The highest BCUT2D eigenvalue weighted by atomic mass is 35.5. The van der Waals surface area contributed by atoms with Crippen LogP contribution in [0, 0.1) is 0 Å². The summed E-state index contributed by atoms with van der Waals surface area (Å²) < 4.78 is 6.80. The van der Waals surface area contributed by atoms with Gasteiger partial charge in [0.15, 0.2) is 0 Å². The van der Waals surface area contributed by atoms with Crippen LogP contribution in [0.4, 0.5) is 0 Å². The number of rotatable bonds is 7. The SMILES string of the molecule is CCCCOC(=O)Cn1nnc(-c2cccc(Cl)c2)c1-c1cccc(Cl)c1. The van der Waals surface area contributed by atoms with Crippen molar-refractivity contribution < 1.29 is 9.53 Å². The highest BCUT2D eigenvalue weighted by molar-refractivity contribution is 6.31. The third-order valence-corrected chi connectivity index (χ3v) is 4.44. The largest absolute Gasteiger partial charge is 0.464 e. The van der Waals surface area contributed by atoms with E-state index in [2.05, 4.69) is 10.3 Å². The molecule has 0 aliphatic heterocycles. The molecule has 0 saturated heterocycles. The van der Waals surface area contributed by atoms with E-state index in [4.69, 9.17) is 27.9 Å². The fourth-order valence-corrected chi connectivity index (χ4v) is 3.05. The molecule has 5 nitrogen and oxygen atoms in total. The summed E-state index contributed by atoms with van der Waals surface area (Å²) in [6, 6.07) is 14.7. The number of hydrogen-bond acceptors (Lipinski definition) is 4. The van der Waals surface area contributed by atoms with Gasteiger partial charge in [-0.25, -0.2) is 4.68 Å². The minimum Gasteiger partial charge on any atom is -0.464 e. The number of aromatic nitrogens is 3. The maximum absolute atomic E-state index is 12.2. The van der Waals surface area contributed by atoms with Crippen LogP contribution >= 0.6 is 23.2 Å². The van der Waals surface area contributed by atoms with Crippen LogP contribution in [0.1, 0.15) is 19.8 Å². The molecular weight excluding hydrogens is 385 g/mol. The zero-order valence-corrected chi connectivity index (χ0v) is 16.4. The summed E-state index contributed by atoms with van der Waals surface area (Å²) in [5.41, 5.74) is 2.93. The van der Waals surface area contributed by atoms with Crippen LogP contribution in [-0.2, 0) is 16.1 Å². The predicted molar refractivity (Wildman–Crippen MR) is 107 cm³/mol. The summed E-state index contributed by atoms with van der Waals surface area (Å²) in [5, 5.41) is 9.64. The van der Waals surface area contributed by atoms with Crippen molar-refractivity contribution in [3.05, 3.63) is 58.6 Å². The molecule has 27 heavy (non-hydrogen) atoms. The van der Waals surface area contributed by atoms with Crippen molar-refractivity contribution in [1.29, 1.82) is 0 Å². The molecule has 0 atom stereocenters. The fraction of sp³-hybridized carbons (Fsp3) is 0.250. The predicted octanol–water partition coefficient (Wildman–Crippen LogP) is 5.26. The summed E-state index contributed by atoms with van der Waals surface area (Å²) in [6.45, 7) is 2.41. The molecule has 3 aromatic rings. The van der Waals surface area contributed by atoms with Gasteiger partial charge in [0.2, 0.25) is 0 Å². The molecule has 0 aliphatic carbocycles. The molecule has 0 spiro atoms. The van der Waals surface area contributed by atoms with Gasteiger partial charge in [-0.3, -0.25) is 4.79 Å². The first kappa shape index (κ1) is 19.4. The van der Waals surface area contributed by atoms with Gasteiger partial charge in [0.25, 0.3) is 0 Å². The van der Waals surface area contributed by atoms with Crippen molar-refractivity contribution in [3.63, 3.8) is 0 Å². The lowest BCUT2D eigenvalue weighted by Gasteiger charge is -2.09. The van der Waals surface area contributed by atoms with Gasteiger partial charge < -0.3 is 4.74 Å². The topological polar surface area (TPSA) is 57.0 Å². The number of hydrogen-bond donors (Lipinski definition) is 0. The maximum atomic E-state index is 12.2. The first-order valence-electron chi connectivity index (χ1n) is 8.69. The quantitative estimate of drug-likeness (QED) is 0.398. The summed E-state index contributed by atoms with van der Waals surface area (Å²) in [7, 11) is 0. The molecule has 0 saturated carbocycles. The average molecular weight is 404 g/mol. The van der Waals surface area contributed by atoms with Crippen molar-refractivity contribution in [1.82, 2.24) is 15.0 Å². The van der Waals surface area contributed by atoms with E-state index >= 15 is 0 Å². The molecule has 0 radical (unpaired) electrons. The number of carbonyl (C=O) groups is 1. The fourth-order valence-electron chi connectivity index (χ4n) is 2.67. The Hall–Kier alpha value is -2.37. The van der Waals surface area contributed by atoms with Crippen molar-refractivity contribution >= 4 is 29.2 Å². The van der Waals surface area contributed by atoms with E-state index in [1.807, 2.05) is 43.3 Å². The van der Waals surface area contributed by atoms with Gasteiger partial charge in [-0.05, 0) is 30.7 Å². The zero-order chi connectivity index (χ0) is 19.2. The normalized spacial score (nSPS) is 10.8. The molecule has 3 rings (SSSR count). The van der Waals surface area contributed by atoms with Crippen molar-refractivity contribution in [2.24, 2.45) is 0 Å². The molecule has 1 heterocycles. The average Bonchev–Trinajstić information content (AvgIpc) is 3.05. The second-order valence-corrected chi connectivity index (χ2v) is 6.91. The summed E-state index contributed by atoms with van der Waals surface area (Å²) in [4.78, 5) is 12.2. The molecule has 0 fully saturated rings. The Labute approximate surface area is 167 Å². The van der Waals surface area contributed by atoms with Crippen LogP contribution in [0.25, 0.3) is 22.5 Å². The first-order valence-corrected chi connectivity index (χ1v) is 9.45. The highest BCUT2D eigenvalue weighted by Gasteiger charge is 2.19. The number of unbranched alkanes of at least 4 members (excludes halogenated alkanes) is 1. The van der Waals surface area contributed by atoms with Crippen molar-refractivity contribution in [2.45, 2.75) is 26.3 Å². The van der Waals surface area contributed by atoms with Gasteiger partial charge in [0.1, 0.15) is 12.2 Å². The Morgan fingerprint density at radius 2 is 1.74 bits per heavy atom. The lowest BCUT2D eigenvalue weighted by atomic mass is 10.0. The summed E-state index contributed by atoms with van der Waals surface area (Å²) in [6.07, 6.45) is 1.79. The van der Waals surface area contributed by atoms with E-state index in [0.29, 0.717) is 28.0 Å². The molecule has 2 aromatic carbocycles. The molecule has 0 unspecified atom stereocenters. The van der Waals surface area contributed by atoms with E-state index in [1.54, 1.807) is 12.1 Å². The Balaban J connectivity index is 2.00. The van der Waals surface area contributed by atoms with Crippen LogP contribution in [-0.4, -0.2) is 27.6 Å². The molecule has 0 N–H and O–H groups in total. The third kappa shape index (κ3) is 4.87. The van der Waals surface area contributed by atoms with E-state index in [0.717, 1.165) is 24.0 Å². The van der Waals surface area contributed by atoms with E-state index in [1.165, 1.54) is 4.68 Å². The Bertz CT molecular complexity index is 940. The molecule has 0 amide bonds. The van der Waals surface area contributed by atoms with Crippen LogP contribution in [0.3, 0.4) is 0 Å². The minimum atomic E-state index is -0.353. The van der Waals surface area contributed by atoms with Crippen LogP contribution in [0.5, 0.6) is 0 Å². The standard InChI is InChI=1S/C20H19Cl2N3O2/c1-2-3-10-27-18(26)13-25-20(15-7-5-9-17(22)12-15)19(23-24-25)14-6-4-8-16(21)11-14/h4-9,11-12H,2-3,10,13H2,1H3. The Morgan fingerprint density at radius 1 is 1.07 bits per heavy atom. The lowest BCUT2D eigenvalue weighted by Crippen LogP contribution is -2.16. The summed E-state index contributed by atoms with van der Waals surface area (Å²) in [5.74, 6) is -0.353. The molecule has 0 aliphatic rings. The third-order valence-electron chi connectivity index (χ3n) is 3.97. The molecule has 140 valence electrons. The van der Waals surface area contributed by atoms with Gasteiger partial charge >= 0.3 is 5.97 Å². The van der Waals surface area contributed by atoms with Crippen molar-refractivity contribution in [2.75, 3.05) is 6.61 Å². The first-order chi connectivity index (χ1) is 13.1. The lowest BCUT2D eigenvalue weighted by molar-refractivity contribution is -0.144. The number of halogens is 2. The maximum Gasteiger partial charge on any atom is 0.327 e. The Morgan fingerprint density at radius 3 is 2.41 bits per heavy atom. The van der Waals surface area contributed by atoms with Crippen molar-refractivity contribution in [3.8, 4) is 22.5 Å². The van der Waals surface area contributed by atoms with Crippen LogP contribution in [0.15, 0.2) is 48.5 Å². The monoisotopic (exact) mass is 403 g/mol. The molecular formula is C20H19Cl2N3O2. The number of esters is 1. The van der Waals surface area contributed by atoms with Crippen LogP contribution < -0.4 is 0 Å². The van der Waals surface area contributed by atoms with E-state index < -0.39 is 0 Å². The van der Waals surface area contributed by atoms with E-state index in [-0.39, 0.29) is 12.5 Å². The number of nitrogens with zero attached hydrogens (tertiary/aromatic N) is 3. The zero-order valence-electron chi connectivity index (χ0n) is 14.9. The smallest absolute Gasteiger partial charge is 0.327 e. The van der Waals surface area contributed by atoms with Gasteiger partial charge in [0, 0.05) is 21.2 Å². The van der Waals surface area contributed by atoms with Gasteiger partial charge in [-0.15, -0.1) is 5.10 Å². The highest BCUT2D eigenvalue weighted by Crippen LogP contribution is 2.32. The molecule has 0 bridgehead atoms. The summed E-state index contributed by atoms with van der Waals surface area (Å²) >= 11 is 12.3. The van der Waals surface area contributed by atoms with Crippen LogP contribution in [0.2, 0.25) is 10.0 Å². The Kier molecular flexibility index (Phi) is 6.48. The number of ether oxygens (including phenoxy) is 1. The number of benzene rings is 2. The van der Waals surface area contributed by atoms with E-state index in [9.17, 15) is 4.79 Å². The molecule has 1 aromatic heterocycles. The van der Waals surface area contributed by atoms with Gasteiger partial charge in [-0.2, -0.15) is 0 Å². The van der Waals surface area contributed by atoms with Gasteiger partial charge in [0.05, 0.1) is 12.3 Å². The second-order valence-electron chi connectivity index (χ2n) is 6.04.